The zero-order valence-corrected chi connectivity index (χ0v) is 21.4. The van der Waals surface area contributed by atoms with E-state index in [4.69, 9.17) is 9.47 Å². The molecule has 0 amide bonds. The van der Waals surface area contributed by atoms with Crippen LogP contribution in [0.25, 0.3) is 0 Å². The third-order valence-electron chi connectivity index (χ3n) is 6.40. The monoisotopic (exact) mass is 522 g/mol. The number of ether oxygens (including phenoxy) is 4. The number of carbonyl (C=O) groups excluding carboxylic acids is 2. The van der Waals surface area contributed by atoms with Crippen LogP contribution in [0.4, 0.5) is 26.3 Å². The Balaban J connectivity index is 0.000000379. The van der Waals surface area contributed by atoms with Gasteiger partial charge in [0, 0.05) is 18.3 Å². The second kappa shape index (κ2) is 10.4. The second-order valence-corrected chi connectivity index (χ2v) is 10.9. The molecule has 2 aliphatic rings. The summed E-state index contributed by atoms with van der Waals surface area (Å²) in [6.45, 7) is 14.9. The van der Waals surface area contributed by atoms with E-state index in [0.717, 1.165) is 6.42 Å². The Hall–Kier alpha value is -1.56. The van der Waals surface area contributed by atoms with E-state index < -0.39 is 60.2 Å². The van der Waals surface area contributed by atoms with E-state index in [-0.39, 0.29) is 11.4 Å². The lowest BCUT2D eigenvalue weighted by molar-refractivity contribution is -0.385. The van der Waals surface area contributed by atoms with Crippen LogP contribution in [0.3, 0.4) is 0 Å². The summed E-state index contributed by atoms with van der Waals surface area (Å²) in [4.78, 5) is 23.4. The highest BCUT2D eigenvalue weighted by molar-refractivity contribution is 5.77. The average Bonchev–Trinajstić information content (AvgIpc) is 3.15. The number of esters is 2. The molecule has 6 nitrogen and oxygen atoms in total. The van der Waals surface area contributed by atoms with Crippen molar-refractivity contribution < 1.29 is 54.9 Å². The number of rotatable bonds is 4. The van der Waals surface area contributed by atoms with Gasteiger partial charge in [0.2, 0.25) is 12.6 Å². The smallest absolute Gasteiger partial charge is 0.426 e. The summed E-state index contributed by atoms with van der Waals surface area (Å²) < 4.78 is 96.0. The molecule has 2 heterocycles. The van der Waals surface area contributed by atoms with Gasteiger partial charge in [0.05, 0.1) is 17.4 Å². The molecule has 206 valence electrons. The standard InChI is InChI=1S/C12H16F6O3.C11H20O3/c1-4-9(2,3)8(19)20-7-5-6-10(21-7,11(13,14)15)12(16,17)18;1-6-11(5)7-13-9(10(2,3)4)14-8(11)12/h7H,4-6H2,1-3H3;9H,6-7H2,1-5H3. The summed E-state index contributed by atoms with van der Waals surface area (Å²) in [6, 6.07) is 0. The van der Waals surface area contributed by atoms with Gasteiger partial charge in [-0.05, 0) is 33.6 Å². The van der Waals surface area contributed by atoms with Gasteiger partial charge in [-0.25, -0.2) is 0 Å². The Kier molecular flexibility index (Phi) is 9.38. The van der Waals surface area contributed by atoms with Crippen LogP contribution in [0.5, 0.6) is 0 Å². The minimum Gasteiger partial charge on any atom is -0.435 e. The molecular formula is C23H36F6O6. The van der Waals surface area contributed by atoms with Crippen LogP contribution in [0.1, 0.15) is 81.1 Å². The number of hydrogen-bond acceptors (Lipinski definition) is 6. The Labute approximate surface area is 202 Å². The number of cyclic esters (lactones) is 1. The van der Waals surface area contributed by atoms with Gasteiger partial charge in [-0.3, -0.25) is 9.59 Å². The highest BCUT2D eigenvalue weighted by Crippen LogP contribution is 2.53. The summed E-state index contributed by atoms with van der Waals surface area (Å²) in [5.74, 6) is -1.03. The first-order valence-corrected chi connectivity index (χ1v) is 11.4. The Morgan fingerprint density at radius 2 is 1.54 bits per heavy atom. The molecule has 2 aliphatic heterocycles. The molecule has 3 unspecified atom stereocenters. The first-order valence-electron chi connectivity index (χ1n) is 11.4. The minimum atomic E-state index is -5.63. The van der Waals surface area contributed by atoms with Gasteiger partial charge >= 0.3 is 24.3 Å². The van der Waals surface area contributed by atoms with Crippen molar-refractivity contribution in [3.05, 3.63) is 0 Å². The molecule has 12 heteroatoms. The van der Waals surface area contributed by atoms with Crippen molar-refractivity contribution >= 4 is 11.9 Å². The summed E-state index contributed by atoms with van der Waals surface area (Å²) >= 11 is 0. The first kappa shape index (κ1) is 31.5. The lowest BCUT2D eigenvalue weighted by atomic mass is 9.86. The van der Waals surface area contributed by atoms with E-state index in [1.165, 1.54) is 13.8 Å². The molecule has 2 saturated heterocycles. The summed E-state index contributed by atoms with van der Waals surface area (Å²) in [5.41, 5.74) is -5.89. The van der Waals surface area contributed by atoms with Crippen molar-refractivity contribution in [1.29, 1.82) is 0 Å². The lowest BCUT2D eigenvalue weighted by Crippen LogP contribution is -2.57. The van der Waals surface area contributed by atoms with Gasteiger partial charge in [0.15, 0.2) is 0 Å². The van der Waals surface area contributed by atoms with Gasteiger partial charge in [-0.15, -0.1) is 0 Å². The van der Waals surface area contributed by atoms with Crippen LogP contribution < -0.4 is 0 Å². The van der Waals surface area contributed by atoms with E-state index in [1.54, 1.807) is 6.92 Å². The van der Waals surface area contributed by atoms with Crippen LogP contribution in [-0.4, -0.2) is 49.1 Å². The molecule has 0 N–H and O–H groups in total. The van der Waals surface area contributed by atoms with E-state index >= 15 is 0 Å². The van der Waals surface area contributed by atoms with E-state index in [9.17, 15) is 35.9 Å². The maximum atomic E-state index is 12.7. The molecule has 2 rings (SSSR count). The van der Waals surface area contributed by atoms with Crippen molar-refractivity contribution in [2.45, 2.75) is 112 Å². The van der Waals surface area contributed by atoms with E-state index in [0.29, 0.717) is 13.0 Å². The van der Waals surface area contributed by atoms with Gasteiger partial charge in [-0.2, -0.15) is 26.3 Å². The molecule has 0 aromatic carbocycles. The maximum Gasteiger partial charge on any atom is 0.426 e. The molecule has 2 fully saturated rings. The Bertz CT molecular complexity index is 741. The van der Waals surface area contributed by atoms with Crippen LogP contribution in [-0.2, 0) is 28.5 Å². The zero-order valence-electron chi connectivity index (χ0n) is 21.4. The number of halogens is 6. The normalized spacial score (nSPS) is 27.5. The average molecular weight is 523 g/mol. The Morgan fingerprint density at radius 1 is 1.03 bits per heavy atom. The Morgan fingerprint density at radius 3 is 1.89 bits per heavy atom. The molecule has 0 radical (unpaired) electrons. The quantitative estimate of drug-likeness (QED) is 0.318. The molecule has 0 aliphatic carbocycles. The summed E-state index contributed by atoms with van der Waals surface area (Å²) in [6.07, 6.45) is -14.4. The molecule has 0 aromatic rings. The van der Waals surface area contributed by atoms with Crippen LogP contribution in [0.15, 0.2) is 0 Å². The highest BCUT2D eigenvalue weighted by atomic mass is 19.4. The SMILES string of the molecule is CCC(C)(C)C(=O)OC1CCC(C(F)(F)F)(C(F)(F)F)O1.CCC1(C)COC(C(C)(C)C)OC1=O. The number of carbonyl (C=O) groups is 2. The number of hydrogen-bond donors (Lipinski definition) is 0. The fraction of sp³-hybridized carbons (Fsp3) is 0.913. The molecule has 0 aromatic heterocycles. The fourth-order valence-corrected chi connectivity index (χ4v) is 3.01. The number of alkyl halides is 6. The van der Waals surface area contributed by atoms with Crippen LogP contribution in [0, 0.1) is 16.2 Å². The minimum absolute atomic E-state index is 0.133. The lowest BCUT2D eigenvalue weighted by Gasteiger charge is -2.40. The predicted molar refractivity (Wildman–Crippen MR) is 113 cm³/mol. The van der Waals surface area contributed by atoms with Gasteiger partial charge in [-0.1, -0.05) is 34.6 Å². The highest BCUT2D eigenvalue weighted by Gasteiger charge is 2.75. The molecule has 0 saturated carbocycles. The maximum absolute atomic E-state index is 12.7. The van der Waals surface area contributed by atoms with E-state index in [2.05, 4.69) is 9.47 Å². The van der Waals surface area contributed by atoms with Gasteiger partial charge in [0.25, 0.3) is 5.60 Å². The van der Waals surface area contributed by atoms with Gasteiger partial charge in [0.1, 0.15) is 0 Å². The molecule has 3 atom stereocenters. The predicted octanol–water partition coefficient (Wildman–Crippen LogP) is 6.31. The summed E-state index contributed by atoms with van der Waals surface area (Å²) in [7, 11) is 0. The zero-order chi connectivity index (χ0) is 27.7. The topological polar surface area (TPSA) is 71.1 Å². The summed E-state index contributed by atoms with van der Waals surface area (Å²) in [5, 5.41) is 0. The van der Waals surface area contributed by atoms with Crippen molar-refractivity contribution in [3.8, 4) is 0 Å². The van der Waals surface area contributed by atoms with Crippen molar-refractivity contribution in [1.82, 2.24) is 0 Å². The van der Waals surface area contributed by atoms with E-state index in [1.807, 2.05) is 34.6 Å². The third-order valence-corrected chi connectivity index (χ3v) is 6.40. The van der Waals surface area contributed by atoms with Gasteiger partial charge < -0.3 is 18.9 Å². The molecular weight excluding hydrogens is 486 g/mol. The largest absolute Gasteiger partial charge is 0.435 e. The third kappa shape index (κ3) is 7.02. The molecule has 0 spiro atoms. The van der Waals surface area contributed by atoms with Crippen molar-refractivity contribution in [3.63, 3.8) is 0 Å². The fourth-order valence-electron chi connectivity index (χ4n) is 3.01. The van der Waals surface area contributed by atoms with Crippen LogP contribution >= 0.6 is 0 Å². The van der Waals surface area contributed by atoms with Crippen LogP contribution in [0.2, 0.25) is 0 Å². The molecule has 0 bridgehead atoms. The first-order chi connectivity index (χ1) is 15.6. The molecule has 35 heavy (non-hydrogen) atoms. The second-order valence-electron chi connectivity index (χ2n) is 10.9. The van der Waals surface area contributed by atoms with Crippen molar-refractivity contribution in [2.24, 2.45) is 16.2 Å². The van der Waals surface area contributed by atoms with Crippen molar-refractivity contribution in [2.75, 3.05) is 6.61 Å².